The number of fused-ring (bicyclic) bond motifs is 1. The van der Waals surface area contributed by atoms with E-state index >= 15 is 0 Å². The number of aryl methyl sites for hydroxylation is 1. The van der Waals surface area contributed by atoms with Gasteiger partial charge in [-0.1, -0.05) is 19.9 Å². The van der Waals surface area contributed by atoms with Crippen molar-refractivity contribution < 1.29 is 4.79 Å². The van der Waals surface area contributed by atoms with Gasteiger partial charge in [0.2, 0.25) is 0 Å². The largest absolute Gasteiger partial charge is 0.398 e. The number of pyridine rings is 1. The third-order valence-electron chi connectivity index (χ3n) is 5.75. The summed E-state index contributed by atoms with van der Waals surface area (Å²) in [6.45, 7) is 6.87. The fraction of sp³-hybridized carbons (Fsp3) is 0.348. The summed E-state index contributed by atoms with van der Waals surface area (Å²) in [6.07, 6.45) is 6.87. The molecule has 2 heterocycles. The van der Waals surface area contributed by atoms with Crippen LogP contribution in [0.25, 0.3) is 0 Å². The fourth-order valence-corrected chi connectivity index (χ4v) is 4.12. The van der Waals surface area contributed by atoms with Gasteiger partial charge in [0.25, 0.3) is 0 Å². The van der Waals surface area contributed by atoms with Crippen molar-refractivity contribution in [2.24, 2.45) is 5.41 Å². The number of amides is 2. The minimum Gasteiger partial charge on any atom is -0.398 e. The molecule has 150 valence electrons. The third kappa shape index (κ3) is 3.75. The van der Waals surface area contributed by atoms with Gasteiger partial charge in [-0.15, -0.1) is 0 Å². The Kier molecular flexibility index (Phi) is 4.65. The first-order valence-electron chi connectivity index (χ1n) is 9.95. The second-order valence-electron chi connectivity index (χ2n) is 8.75. The zero-order valence-corrected chi connectivity index (χ0v) is 17.2. The number of aromatic nitrogens is 1. The van der Waals surface area contributed by atoms with E-state index in [1.165, 1.54) is 0 Å². The average Bonchev–Trinajstić information content (AvgIpc) is 2.66. The van der Waals surface area contributed by atoms with Crippen molar-refractivity contribution in [1.29, 1.82) is 5.41 Å². The van der Waals surface area contributed by atoms with E-state index in [2.05, 4.69) is 30.2 Å². The molecule has 0 unspecified atom stereocenters. The average molecular weight is 390 g/mol. The molecule has 1 aliphatic carbocycles. The summed E-state index contributed by atoms with van der Waals surface area (Å²) in [5.41, 5.74) is 12.3. The highest BCUT2D eigenvalue weighted by Crippen LogP contribution is 2.39. The molecular weight excluding hydrogens is 362 g/mol. The lowest BCUT2D eigenvalue weighted by atomic mass is 9.79. The summed E-state index contributed by atoms with van der Waals surface area (Å²) in [6, 6.07) is 7.28. The van der Waals surface area contributed by atoms with Crippen LogP contribution in [-0.2, 0) is 6.54 Å². The van der Waals surface area contributed by atoms with Crippen LogP contribution in [0.2, 0.25) is 0 Å². The van der Waals surface area contributed by atoms with Gasteiger partial charge in [-0.2, -0.15) is 0 Å². The third-order valence-corrected chi connectivity index (χ3v) is 5.75. The molecule has 1 aliphatic heterocycles. The molecule has 1 aromatic carbocycles. The van der Waals surface area contributed by atoms with Gasteiger partial charge in [0.1, 0.15) is 0 Å². The zero-order chi connectivity index (χ0) is 20.8. The van der Waals surface area contributed by atoms with Crippen LogP contribution < -0.4 is 11.1 Å². The molecule has 0 saturated carbocycles. The summed E-state index contributed by atoms with van der Waals surface area (Å²) >= 11 is 0. The number of hydrogen-bond acceptors (Lipinski definition) is 4. The molecule has 2 aliphatic rings. The summed E-state index contributed by atoms with van der Waals surface area (Å²) in [4.78, 5) is 18.8. The maximum atomic E-state index is 12.7. The normalized spacial score (nSPS) is 18.0. The topological polar surface area (TPSA) is 95.1 Å². The van der Waals surface area contributed by atoms with Crippen LogP contribution in [0, 0.1) is 17.7 Å². The van der Waals surface area contributed by atoms with E-state index in [1.807, 2.05) is 30.0 Å². The van der Waals surface area contributed by atoms with Gasteiger partial charge in [-0.3, -0.25) is 15.3 Å². The second-order valence-corrected chi connectivity index (χ2v) is 8.75. The predicted molar refractivity (Wildman–Crippen MR) is 116 cm³/mol. The summed E-state index contributed by atoms with van der Waals surface area (Å²) in [5.74, 6) is 0. The Labute approximate surface area is 171 Å². The monoisotopic (exact) mass is 389 g/mol. The SMILES string of the molecule is Cc1cc(C(=N)c2cc3c(cc2N)NC(=O)N(C2=CCCC(C)(C)C2)C3)ccn1. The van der Waals surface area contributed by atoms with E-state index < -0.39 is 0 Å². The standard InChI is InChI=1S/C23H27N5O/c1-14-9-15(6-8-26-14)21(25)18-10-16-13-28(17-5-4-7-23(2,3)12-17)22(29)27-20(16)11-19(18)24/h5-6,8-11,25H,4,7,12-13,24H2,1-3H3,(H,27,29). The summed E-state index contributed by atoms with van der Waals surface area (Å²) < 4.78 is 0. The molecule has 6 nitrogen and oxygen atoms in total. The molecule has 1 aromatic heterocycles. The van der Waals surface area contributed by atoms with Crippen LogP contribution in [0.1, 0.15) is 55.5 Å². The number of nitrogen functional groups attached to an aromatic ring is 1. The molecule has 0 spiro atoms. The van der Waals surface area contributed by atoms with E-state index in [4.69, 9.17) is 11.1 Å². The molecule has 4 rings (SSSR count). The number of nitrogens with two attached hydrogens (primary N) is 1. The maximum absolute atomic E-state index is 12.7. The van der Waals surface area contributed by atoms with Crippen molar-refractivity contribution in [3.8, 4) is 0 Å². The van der Waals surface area contributed by atoms with Crippen molar-refractivity contribution in [2.75, 3.05) is 11.1 Å². The lowest BCUT2D eigenvalue weighted by Crippen LogP contribution is -2.40. The summed E-state index contributed by atoms with van der Waals surface area (Å²) in [5, 5.41) is 11.6. The van der Waals surface area contributed by atoms with Crippen molar-refractivity contribution in [3.05, 3.63) is 64.6 Å². The molecular formula is C23H27N5O. The van der Waals surface area contributed by atoms with Crippen LogP contribution in [0.5, 0.6) is 0 Å². The van der Waals surface area contributed by atoms with Gasteiger partial charge in [-0.25, -0.2) is 4.79 Å². The Morgan fingerprint density at radius 3 is 2.83 bits per heavy atom. The Hall–Kier alpha value is -3.15. The highest BCUT2D eigenvalue weighted by atomic mass is 16.2. The lowest BCUT2D eigenvalue weighted by molar-refractivity contribution is 0.207. The summed E-state index contributed by atoms with van der Waals surface area (Å²) in [7, 11) is 0. The zero-order valence-electron chi connectivity index (χ0n) is 17.2. The van der Waals surface area contributed by atoms with Crippen LogP contribution in [0.4, 0.5) is 16.2 Å². The Bertz CT molecular complexity index is 1040. The number of rotatable bonds is 3. The minimum absolute atomic E-state index is 0.117. The predicted octanol–water partition coefficient (Wildman–Crippen LogP) is 4.83. The molecule has 2 aromatic rings. The fourth-order valence-electron chi connectivity index (χ4n) is 4.12. The highest BCUT2D eigenvalue weighted by Gasteiger charge is 2.31. The molecule has 0 bridgehead atoms. The Balaban J connectivity index is 1.67. The highest BCUT2D eigenvalue weighted by molar-refractivity contribution is 6.14. The number of urea groups is 1. The number of nitrogens with one attached hydrogen (secondary N) is 2. The first-order valence-corrected chi connectivity index (χ1v) is 9.95. The smallest absolute Gasteiger partial charge is 0.326 e. The number of benzene rings is 1. The van der Waals surface area contributed by atoms with E-state index in [0.29, 0.717) is 23.5 Å². The molecule has 2 amide bonds. The Morgan fingerprint density at radius 2 is 2.10 bits per heavy atom. The number of carbonyl (C=O) groups excluding carboxylic acids is 1. The van der Waals surface area contributed by atoms with Crippen molar-refractivity contribution in [3.63, 3.8) is 0 Å². The van der Waals surface area contributed by atoms with E-state index in [9.17, 15) is 4.79 Å². The molecule has 6 heteroatoms. The quantitative estimate of drug-likeness (QED) is 0.518. The van der Waals surface area contributed by atoms with Gasteiger partial charge in [0.05, 0.1) is 12.3 Å². The molecule has 0 atom stereocenters. The number of anilines is 2. The maximum Gasteiger partial charge on any atom is 0.326 e. The van der Waals surface area contributed by atoms with Gasteiger partial charge < -0.3 is 11.1 Å². The van der Waals surface area contributed by atoms with Gasteiger partial charge in [-0.05, 0) is 61.4 Å². The van der Waals surface area contributed by atoms with Crippen LogP contribution >= 0.6 is 0 Å². The van der Waals surface area contributed by atoms with E-state index in [0.717, 1.165) is 47.5 Å². The van der Waals surface area contributed by atoms with Crippen LogP contribution in [0.15, 0.2) is 42.2 Å². The molecule has 0 radical (unpaired) electrons. The van der Waals surface area contributed by atoms with Crippen molar-refractivity contribution in [2.45, 2.75) is 46.6 Å². The van der Waals surface area contributed by atoms with Crippen molar-refractivity contribution in [1.82, 2.24) is 9.88 Å². The molecule has 0 fully saturated rings. The van der Waals surface area contributed by atoms with Crippen LogP contribution in [-0.4, -0.2) is 21.6 Å². The minimum atomic E-state index is -0.117. The number of nitrogens with zero attached hydrogens (tertiary/aromatic N) is 2. The van der Waals surface area contributed by atoms with E-state index in [-0.39, 0.29) is 11.4 Å². The second kappa shape index (κ2) is 7.03. The van der Waals surface area contributed by atoms with Gasteiger partial charge in [0, 0.05) is 40.1 Å². The van der Waals surface area contributed by atoms with E-state index in [1.54, 1.807) is 12.3 Å². The van der Waals surface area contributed by atoms with Gasteiger partial charge in [0.15, 0.2) is 0 Å². The first-order chi connectivity index (χ1) is 13.7. The molecule has 4 N–H and O–H groups in total. The molecule has 0 saturated heterocycles. The number of hydrogen-bond donors (Lipinski definition) is 3. The van der Waals surface area contributed by atoms with Gasteiger partial charge >= 0.3 is 6.03 Å². The van der Waals surface area contributed by atoms with Crippen molar-refractivity contribution >= 4 is 23.1 Å². The number of carbonyl (C=O) groups is 1. The molecule has 29 heavy (non-hydrogen) atoms. The lowest BCUT2D eigenvalue weighted by Gasteiger charge is -2.37. The number of allylic oxidation sites excluding steroid dienone is 2. The first kappa shape index (κ1) is 19.2. The Morgan fingerprint density at radius 1 is 1.31 bits per heavy atom. The van der Waals surface area contributed by atoms with Crippen LogP contribution in [0.3, 0.4) is 0 Å².